The molecule has 0 aromatic rings. The number of allylic oxidation sites excluding steroid dienone is 1. The minimum atomic E-state index is -0.322. The van der Waals surface area contributed by atoms with Crippen LogP contribution in [0.3, 0.4) is 0 Å². The van der Waals surface area contributed by atoms with Gasteiger partial charge in [0.05, 0.1) is 6.10 Å². The summed E-state index contributed by atoms with van der Waals surface area (Å²) >= 11 is 0. The predicted molar refractivity (Wildman–Crippen MR) is 36.7 cm³/mol. The van der Waals surface area contributed by atoms with Gasteiger partial charge in [-0.05, 0) is 18.9 Å². The summed E-state index contributed by atoms with van der Waals surface area (Å²) in [6, 6.07) is 0. The maximum Gasteiger partial charge on any atom is 0.0762 e. The smallest absolute Gasteiger partial charge is 0.0762 e. The zero-order valence-electron chi connectivity index (χ0n) is 5.46. The number of hydrogen-bond acceptors (Lipinski definition) is 2. The molecule has 0 saturated heterocycles. The van der Waals surface area contributed by atoms with Gasteiger partial charge in [-0.15, -0.1) is 0 Å². The van der Waals surface area contributed by atoms with Gasteiger partial charge in [-0.2, -0.15) is 0 Å². The van der Waals surface area contributed by atoms with Crippen molar-refractivity contribution in [1.29, 1.82) is 0 Å². The molecule has 2 nitrogen and oxygen atoms in total. The Labute approximate surface area is 54.7 Å². The summed E-state index contributed by atoms with van der Waals surface area (Å²) < 4.78 is 0. The van der Waals surface area contributed by atoms with Crippen LogP contribution < -0.4 is 5.73 Å². The molecule has 9 heavy (non-hydrogen) atoms. The highest BCUT2D eigenvalue weighted by Gasteiger charge is 2.05. The minimum absolute atomic E-state index is 0.322. The first-order valence-corrected chi connectivity index (χ1v) is 3.02. The topological polar surface area (TPSA) is 46.2 Å². The molecule has 0 saturated carbocycles. The molecule has 50 valence electrons. The minimum Gasteiger partial charge on any atom is -0.399 e. The van der Waals surface area contributed by atoms with Gasteiger partial charge in [0.25, 0.3) is 0 Å². The molecule has 0 bridgehead atoms. The lowest BCUT2D eigenvalue weighted by Gasteiger charge is -2.11. The van der Waals surface area contributed by atoms with Gasteiger partial charge < -0.3 is 10.8 Å². The quantitative estimate of drug-likeness (QED) is 0.496. The van der Waals surface area contributed by atoms with Crippen LogP contribution in [0.5, 0.6) is 0 Å². The maximum atomic E-state index is 9.02. The fourth-order valence-electron chi connectivity index (χ4n) is 0.862. The van der Waals surface area contributed by atoms with Gasteiger partial charge in [-0.1, -0.05) is 12.2 Å². The molecule has 0 radical (unpaired) electrons. The highest BCUT2D eigenvalue weighted by atomic mass is 16.3. The van der Waals surface area contributed by atoms with Gasteiger partial charge in [-0.25, -0.2) is 0 Å². The molecular weight excluding hydrogens is 114 g/mol. The van der Waals surface area contributed by atoms with E-state index in [1.54, 1.807) is 6.08 Å². The van der Waals surface area contributed by atoms with Crippen LogP contribution in [-0.4, -0.2) is 11.2 Å². The summed E-state index contributed by atoms with van der Waals surface area (Å²) in [5.41, 5.74) is 7.29. The van der Waals surface area contributed by atoms with Crippen molar-refractivity contribution in [3.63, 3.8) is 0 Å². The Morgan fingerprint density at radius 2 is 2.44 bits per heavy atom. The Bertz CT molecular complexity index is 170. The Hall–Kier alpha value is -0.760. The fourth-order valence-corrected chi connectivity index (χ4v) is 0.862. The Kier molecular flexibility index (Phi) is 1.58. The summed E-state index contributed by atoms with van der Waals surface area (Å²) in [7, 11) is 0. The third kappa shape index (κ3) is 1.33. The first kappa shape index (κ1) is 6.36. The van der Waals surface area contributed by atoms with Gasteiger partial charge in [0.1, 0.15) is 0 Å². The van der Waals surface area contributed by atoms with Crippen molar-refractivity contribution in [2.24, 2.45) is 5.73 Å². The molecule has 1 aliphatic carbocycles. The van der Waals surface area contributed by atoms with E-state index in [2.05, 4.69) is 0 Å². The number of nitrogens with two attached hydrogens (primary N) is 1. The first-order valence-electron chi connectivity index (χ1n) is 3.02. The molecule has 0 aliphatic heterocycles. The monoisotopic (exact) mass is 125 g/mol. The summed E-state index contributed by atoms with van der Waals surface area (Å²) in [6.07, 6.45) is 3.95. The summed E-state index contributed by atoms with van der Waals surface area (Å²) in [4.78, 5) is 0. The van der Waals surface area contributed by atoms with Crippen LogP contribution >= 0.6 is 0 Å². The van der Waals surface area contributed by atoms with Crippen molar-refractivity contribution < 1.29 is 5.11 Å². The first-order chi connectivity index (χ1) is 4.20. The average Bonchev–Trinajstić information content (AvgIpc) is 1.80. The third-order valence-electron chi connectivity index (χ3n) is 1.48. The molecule has 0 fully saturated rings. The molecule has 0 aromatic carbocycles. The highest BCUT2D eigenvalue weighted by Crippen LogP contribution is 2.13. The van der Waals surface area contributed by atoms with Crippen molar-refractivity contribution in [2.75, 3.05) is 0 Å². The van der Waals surface area contributed by atoms with E-state index < -0.39 is 0 Å². The van der Waals surface area contributed by atoms with Crippen molar-refractivity contribution in [2.45, 2.75) is 19.4 Å². The SMILES string of the molecule is CC1=CC(O)CC=C1N. The van der Waals surface area contributed by atoms with E-state index in [1.807, 2.05) is 13.0 Å². The zero-order valence-corrected chi connectivity index (χ0v) is 5.46. The van der Waals surface area contributed by atoms with Gasteiger partial charge in [0.15, 0.2) is 0 Å². The van der Waals surface area contributed by atoms with E-state index in [0.717, 1.165) is 11.3 Å². The lowest BCUT2D eigenvalue weighted by Crippen LogP contribution is -2.11. The number of rotatable bonds is 0. The summed E-state index contributed by atoms with van der Waals surface area (Å²) in [5.74, 6) is 0. The third-order valence-corrected chi connectivity index (χ3v) is 1.48. The van der Waals surface area contributed by atoms with Gasteiger partial charge in [-0.3, -0.25) is 0 Å². The van der Waals surface area contributed by atoms with Crippen molar-refractivity contribution >= 4 is 0 Å². The summed E-state index contributed by atoms with van der Waals surface area (Å²) in [5, 5.41) is 9.02. The van der Waals surface area contributed by atoms with Crippen LogP contribution in [0.1, 0.15) is 13.3 Å². The van der Waals surface area contributed by atoms with E-state index >= 15 is 0 Å². The molecule has 0 heterocycles. The Morgan fingerprint density at radius 3 is 2.89 bits per heavy atom. The van der Waals surface area contributed by atoms with Gasteiger partial charge in [0, 0.05) is 5.70 Å². The zero-order chi connectivity index (χ0) is 6.85. The lowest BCUT2D eigenvalue weighted by molar-refractivity contribution is 0.224. The Morgan fingerprint density at radius 1 is 1.78 bits per heavy atom. The van der Waals surface area contributed by atoms with E-state index in [-0.39, 0.29) is 6.10 Å². The lowest BCUT2D eigenvalue weighted by atomic mass is 10.0. The summed E-state index contributed by atoms with van der Waals surface area (Å²) in [6.45, 7) is 1.90. The molecule has 1 rings (SSSR count). The average molecular weight is 125 g/mol. The van der Waals surface area contributed by atoms with Gasteiger partial charge in [0.2, 0.25) is 0 Å². The van der Waals surface area contributed by atoms with Crippen LogP contribution in [0.4, 0.5) is 0 Å². The molecule has 0 spiro atoms. The number of aliphatic hydroxyl groups excluding tert-OH is 1. The predicted octanol–water partition coefficient (Wildman–Crippen LogP) is 0.540. The standard InChI is InChI=1S/C7H11NO/c1-5-4-6(9)2-3-7(5)8/h3-4,6,9H,2,8H2,1H3. The van der Waals surface area contributed by atoms with E-state index in [4.69, 9.17) is 10.8 Å². The van der Waals surface area contributed by atoms with Crippen LogP contribution in [-0.2, 0) is 0 Å². The number of aliphatic hydroxyl groups is 1. The molecule has 0 amide bonds. The molecule has 3 N–H and O–H groups in total. The highest BCUT2D eigenvalue weighted by molar-refractivity contribution is 5.30. The normalized spacial score (nSPS) is 27.1. The van der Waals surface area contributed by atoms with Crippen LogP contribution in [0.25, 0.3) is 0 Å². The molecule has 1 unspecified atom stereocenters. The number of hydrogen-bond donors (Lipinski definition) is 2. The van der Waals surface area contributed by atoms with E-state index in [9.17, 15) is 0 Å². The van der Waals surface area contributed by atoms with E-state index in [1.165, 1.54) is 0 Å². The second-order valence-electron chi connectivity index (χ2n) is 2.31. The van der Waals surface area contributed by atoms with Crippen molar-refractivity contribution in [3.8, 4) is 0 Å². The van der Waals surface area contributed by atoms with Crippen LogP contribution in [0, 0.1) is 0 Å². The molecule has 2 heteroatoms. The Balaban J connectivity index is 2.75. The molecule has 1 atom stereocenters. The fraction of sp³-hybridized carbons (Fsp3) is 0.429. The van der Waals surface area contributed by atoms with Gasteiger partial charge >= 0.3 is 0 Å². The molecule has 0 aromatic heterocycles. The van der Waals surface area contributed by atoms with E-state index in [0.29, 0.717) is 6.42 Å². The maximum absolute atomic E-state index is 9.02. The molecule has 1 aliphatic rings. The van der Waals surface area contributed by atoms with Crippen molar-refractivity contribution in [1.82, 2.24) is 0 Å². The second-order valence-corrected chi connectivity index (χ2v) is 2.31. The van der Waals surface area contributed by atoms with Crippen LogP contribution in [0.15, 0.2) is 23.4 Å². The van der Waals surface area contributed by atoms with Crippen molar-refractivity contribution in [3.05, 3.63) is 23.4 Å². The van der Waals surface area contributed by atoms with Crippen LogP contribution in [0.2, 0.25) is 0 Å². The molecular formula is C7H11NO. The largest absolute Gasteiger partial charge is 0.399 e. The second kappa shape index (κ2) is 2.23.